The van der Waals surface area contributed by atoms with Gasteiger partial charge in [0, 0.05) is 13.5 Å². The van der Waals surface area contributed by atoms with Gasteiger partial charge in [-0.3, -0.25) is 0 Å². The van der Waals surface area contributed by atoms with Gasteiger partial charge in [0.2, 0.25) is 0 Å². The van der Waals surface area contributed by atoms with Crippen molar-refractivity contribution in [2.45, 2.75) is 58.1 Å². The molecule has 100 valence electrons. The topological polar surface area (TPSA) is 30.5 Å². The number of hydrogen-bond donors (Lipinski definition) is 1. The molecule has 1 N–H and O–H groups in total. The van der Waals surface area contributed by atoms with E-state index in [2.05, 4.69) is 32.2 Å². The van der Waals surface area contributed by atoms with Gasteiger partial charge in [-0.1, -0.05) is 20.8 Å². The fourth-order valence-corrected chi connectivity index (χ4v) is 2.54. The Morgan fingerprint density at radius 3 is 2.53 bits per heavy atom. The van der Waals surface area contributed by atoms with E-state index in [0.717, 1.165) is 44.6 Å². The summed E-state index contributed by atoms with van der Waals surface area (Å²) < 4.78 is 11.6. The predicted molar refractivity (Wildman–Crippen MR) is 71.1 cm³/mol. The van der Waals surface area contributed by atoms with Crippen LogP contribution >= 0.6 is 0 Å². The minimum Gasteiger partial charge on any atom is -0.496 e. The van der Waals surface area contributed by atoms with Crippen LogP contribution in [0.3, 0.4) is 0 Å². The number of rotatable bonds is 8. The quantitative estimate of drug-likeness (QED) is 0.709. The molecule has 1 aliphatic heterocycles. The summed E-state index contributed by atoms with van der Waals surface area (Å²) in [7, 11) is 1.81. The maximum absolute atomic E-state index is 5.82. The standard InChI is InChI=1S/C14H27NO2/c1-5-10-15-13(12-9-8-11-17-12)14(6-2,7-3)16-4/h9,13,15H,5-8,10-11H2,1-4H3. The molecule has 1 heterocycles. The number of ether oxygens (including phenoxy) is 2. The normalized spacial score (nSPS) is 17.8. The van der Waals surface area contributed by atoms with E-state index in [0.29, 0.717) is 0 Å². The lowest BCUT2D eigenvalue weighted by molar-refractivity contribution is -0.0492. The van der Waals surface area contributed by atoms with E-state index in [4.69, 9.17) is 9.47 Å². The first-order chi connectivity index (χ1) is 8.24. The van der Waals surface area contributed by atoms with Crippen molar-refractivity contribution in [1.82, 2.24) is 5.32 Å². The van der Waals surface area contributed by atoms with Crippen molar-refractivity contribution in [2.75, 3.05) is 20.3 Å². The lowest BCUT2D eigenvalue weighted by Gasteiger charge is -2.39. The second-order valence-corrected chi connectivity index (χ2v) is 4.61. The lowest BCUT2D eigenvalue weighted by atomic mass is 9.86. The zero-order valence-electron chi connectivity index (χ0n) is 11.7. The van der Waals surface area contributed by atoms with Crippen molar-refractivity contribution in [3.63, 3.8) is 0 Å². The van der Waals surface area contributed by atoms with Gasteiger partial charge in [-0.25, -0.2) is 0 Å². The fourth-order valence-electron chi connectivity index (χ4n) is 2.54. The number of methoxy groups -OCH3 is 1. The van der Waals surface area contributed by atoms with Gasteiger partial charge in [-0.05, 0) is 31.9 Å². The molecule has 0 amide bonds. The summed E-state index contributed by atoms with van der Waals surface area (Å²) in [6.07, 6.45) is 6.32. The van der Waals surface area contributed by atoms with E-state index >= 15 is 0 Å². The molecule has 0 aromatic carbocycles. The smallest absolute Gasteiger partial charge is 0.112 e. The highest BCUT2D eigenvalue weighted by Crippen LogP contribution is 2.31. The molecular formula is C14H27NO2. The van der Waals surface area contributed by atoms with Crippen LogP contribution in [0.5, 0.6) is 0 Å². The van der Waals surface area contributed by atoms with Gasteiger partial charge in [0.1, 0.15) is 5.76 Å². The summed E-state index contributed by atoms with van der Waals surface area (Å²) in [6, 6.07) is 0.185. The molecule has 1 rings (SSSR count). The molecule has 0 aromatic rings. The van der Waals surface area contributed by atoms with E-state index in [9.17, 15) is 0 Å². The zero-order valence-corrected chi connectivity index (χ0v) is 11.7. The van der Waals surface area contributed by atoms with Gasteiger partial charge >= 0.3 is 0 Å². The lowest BCUT2D eigenvalue weighted by Crippen LogP contribution is -2.53. The highest BCUT2D eigenvalue weighted by molar-refractivity contribution is 5.14. The summed E-state index contributed by atoms with van der Waals surface area (Å²) in [5, 5.41) is 3.59. The van der Waals surface area contributed by atoms with Gasteiger partial charge in [0.15, 0.2) is 0 Å². The summed E-state index contributed by atoms with van der Waals surface area (Å²) in [6.45, 7) is 8.36. The molecule has 1 aliphatic rings. The average molecular weight is 241 g/mol. The van der Waals surface area contributed by atoms with Gasteiger partial charge < -0.3 is 14.8 Å². The van der Waals surface area contributed by atoms with Crippen LogP contribution in [0.25, 0.3) is 0 Å². The molecule has 0 aromatic heterocycles. The molecule has 1 unspecified atom stereocenters. The molecule has 3 nitrogen and oxygen atoms in total. The molecule has 17 heavy (non-hydrogen) atoms. The summed E-state index contributed by atoms with van der Waals surface area (Å²) in [5.74, 6) is 1.07. The van der Waals surface area contributed by atoms with Crippen molar-refractivity contribution in [2.24, 2.45) is 0 Å². The second-order valence-electron chi connectivity index (χ2n) is 4.61. The van der Waals surface area contributed by atoms with Crippen molar-refractivity contribution >= 4 is 0 Å². The summed E-state index contributed by atoms with van der Waals surface area (Å²) >= 11 is 0. The van der Waals surface area contributed by atoms with Crippen LogP contribution in [0.15, 0.2) is 11.8 Å². The van der Waals surface area contributed by atoms with Gasteiger partial charge in [-0.2, -0.15) is 0 Å². The monoisotopic (exact) mass is 241 g/mol. The largest absolute Gasteiger partial charge is 0.496 e. The van der Waals surface area contributed by atoms with Crippen molar-refractivity contribution < 1.29 is 9.47 Å². The Balaban J connectivity index is 2.85. The first kappa shape index (κ1) is 14.5. The first-order valence-electron chi connectivity index (χ1n) is 6.85. The predicted octanol–water partition coefficient (Wildman–Crippen LogP) is 2.86. The summed E-state index contributed by atoms with van der Waals surface area (Å²) in [5.41, 5.74) is -0.147. The molecule has 0 fully saturated rings. The Bertz CT molecular complexity index is 238. The SMILES string of the molecule is CCCNC(C1=CCCO1)C(CC)(CC)OC. The molecule has 0 aliphatic carbocycles. The summed E-state index contributed by atoms with van der Waals surface area (Å²) in [4.78, 5) is 0. The second kappa shape index (κ2) is 7.02. The van der Waals surface area contributed by atoms with Crippen molar-refractivity contribution in [3.05, 3.63) is 11.8 Å². The van der Waals surface area contributed by atoms with Gasteiger partial charge in [0.05, 0.1) is 18.2 Å². The minimum absolute atomic E-state index is 0.147. The Labute approximate surface area is 106 Å². The van der Waals surface area contributed by atoms with Crippen LogP contribution < -0.4 is 5.32 Å². The van der Waals surface area contributed by atoms with Crippen molar-refractivity contribution in [1.29, 1.82) is 0 Å². The highest BCUT2D eigenvalue weighted by Gasteiger charge is 2.39. The van der Waals surface area contributed by atoms with Crippen LogP contribution in [0.2, 0.25) is 0 Å². The maximum Gasteiger partial charge on any atom is 0.112 e. The number of hydrogen-bond acceptors (Lipinski definition) is 3. The maximum atomic E-state index is 5.82. The first-order valence-corrected chi connectivity index (χ1v) is 6.85. The van der Waals surface area contributed by atoms with Gasteiger partial charge in [-0.15, -0.1) is 0 Å². The Morgan fingerprint density at radius 2 is 2.12 bits per heavy atom. The fraction of sp³-hybridized carbons (Fsp3) is 0.857. The molecular weight excluding hydrogens is 214 g/mol. The van der Waals surface area contributed by atoms with E-state index in [-0.39, 0.29) is 11.6 Å². The van der Waals surface area contributed by atoms with E-state index in [1.165, 1.54) is 0 Å². The average Bonchev–Trinajstić information content (AvgIpc) is 2.89. The molecule has 0 saturated carbocycles. The van der Waals surface area contributed by atoms with Crippen LogP contribution in [-0.4, -0.2) is 31.9 Å². The van der Waals surface area contributed by atoms with Crippen LogP contribution in [-0.2, 0) is 9.47 Å². The van der Waals surface area contributed by atoms with E-state index in [1.807, 2.05) is 7.11 Å². The molecule has 0 bridgehead atoms. The van der Waals surface area contributed by atoms with Crippen LogP contribution in [0.4, 0.5) is 0 Å². The Kier molecular flexibility index (Phi) is 6.00. The van der Waals surface area contributed by atoms with Crippen molar-refractivity contribution in [3.8, 4) is 0 Å². The number of nitrogens with one attached hydrogen (secondary N) is 1. The minimum atomic E-state index is -0.147. The van der Waals surface area contributed by atoms with Gasteiger partial charge in [0.25, 0.3) is 0 Å². The Hall–Kier alpha value is -0.540. The third-order valence-corrected chi connectivity index (χ3v) is 3.74. The molecule has 0 saturated heterocycles. The molecule has 1 atom stereocenters. The van der Waals surface area contributed by atoms with E-state index in [1.54, 1.807) is 0 Å². The Morgan fingerprint density at radius 1 is 1.41 bits per heavy atom. The van der Waals surface area contributed by atoms with E-state index < -0.39 is 0 Å². The molecule has 0 spiro atoms. The van der Waals surface area contributed by atoms with Crippen LogP contribution in [0.1, 0.15) is 46.5 Å². The van der Waals surface area contributed by atoms with Crippen LogP contribution in [0, 0.1) is 0 Å². The molecule has 3 heteroatoms. The highest BCUT2D eigenvalue weighted by atomic mass is 16.5. The third kappa shape index (κ3) is 3.23. The third-order valence-electron chi connectivity index (χ3n) is 3.74. The molecule has 0 radical (unpaired) electrons. The zero-order chi connectivity index (χ0) is 12.7.